The first-order valence-corrected chi connectivity index (χ1v) is 7.15. The molecule has 1 aliphatic rings. The highest BCUT2D eigenvalue weighted by molar-refractivity contribution is 7.14. The Balaban J connectivity index is 1.97. The van der Waals surface area contributed by atoms with E-state index < -0.39 is 0 Å². The predicted octanol–water partition coefficient (Wildman–Crippen LogP) is 3.32. The number of nitrogen functional groups attached to an aromatic ring is 1. The van der Waals surface area contributed by atoms with Gasteiger partial charge in [-0.25, -0.2) is 0 Å². The van der Waals surface area contributed by atoms with Crippen molar-refractivity contribution >= 4 is 27.4 Å². The Kier molecular flexibility index (Phi) is 3.39. The molecule has 0 saturated carbocycles. The maximum absolute atomic E-state index is 5.88. The van der Waals surface area contributed by atoms with Crippen LogP contribution in [0.4, 0.5) is 5.82 Å². The summed E-state index contributed by atoms with van der Waals surface area (Å²) < 4.78 is 5.39. The lowest BCUT2D eigenvalue weighted by molar-refractivity contribution is 1.22. The summed E-state index contributed by atoms with van der Waals surface area (Å²) in [5.41, 5.74) is 14.9. The van der Waals surface area contributed by atoms with Crippen LogP contribution in [0.3, 0.4) is 0 Å². The largest absolute Gasteiger partial charge is 0.399 e. The van der Waals surface area contributed by atoms with Gasteiger partial charge in [-0.1, -0.05) is 36.4 Å². The van der Waals surface area contributed by atoms with E-state index in [0.717, 1.165) is 22.2 Å². The molecule has 0 unspecified atom stereocenters. The lowest BCUT2D eigenvalue weighted by Gasteiger charge is -2.05. The van der Waals surface area contributed by atoms with Crippen molar-refractivity contribution in [3.8, 4) is 0 Å². The number of allylic oxidation sites excluding steroid dienone is 7. The summed E-state index contributed by atoms with van der Waals surface area (Å²) in [5, 5.41) is 1.04. The third kappa shape index (κ3) is 2.51. The fourth-order valence-electron chi connectivity index (χ4n) is 2.18. The van der Waals surface area contributed by atoms with Gasteiger partial charge in [-0.2, -0.15) is 4.37 Å². The van der Waals surface area contributed by atoms with E-state index in [1.807, 2.05) is 36.4 Å². The van der Waals surface area contributed by atoms with Crippen molar-refractivity contribution in [2.75, 3.05) is 5.73 Å². The molecule has 4 heteroatoms. The normalized spacial score (nSPS) is 19.0. The van der Waals surface area contributed by atoms with Crippen LogP contribution in [0.2, 0.25) is 0 Å². The van der Waals surface area contributed by atoms with Gasteiger partial charge in [0, 0.05) is 11.1 Å². The van der Waals surface area contributed by atoms with Crippen LogP contribution >= 0.6 is 11.5 Å². The van der Waals surface area contributed by atoms with E-state index in [2.05, 4.69) is 22.6 Å². The topological polar surface area (TPSA) is 64.9 Å². The highest BCUT2D eigenvalue weighted by atomic mass is 32.1. The maximum Gasteiger partial charge on any atom is 0.144 e. The smallest absolute Gasteiger partial charge is 0.144 e. The second-order valence-electron chi connectivity index (χ2n) is 4.66. The molecule has 100 valence electrons. The van der Waals surface area contributed by atoms with Crippen LogP contribution in [-0.4, -0.2) is 4.37 Å². The summed E-state index contributed by atoms with van der Waals surface area (Å²) >= 11 is 1.46. The third-order valence-electron chi connectivity index (χ3n) is 3.20. The Morgan fingerprint density at radius 2 is 1.90 bits per heavy atom. The van der Waals surface area contributed by atoms with E-state index in [0.29, 0.717) is 5.82 Å². The minimum absolute atomic E-state index is 0.612. The van der Waals surface area contributed by atoms with Crippen molar-refractivity contribution in [1.82, 2.24) is 4.37 Å². The number of benzene rings is 1. The van der Waals surface area contributed by atoms with E-state index in [1.165, 1.54) is 22.7 Å². The Bertz CT molecular complexity index is 763. The lowest BCUT2D eigenvalue weighted by Crippen LogP contribution is -1.94. The van der Waals surface area contributed by atoms with Crippen molar-refractivity contribution in [1.29, 1.82) is 0 Å². The maximum atomic E-state index is 5.88. The number of hydrogen-bond acceptors (Lipinski definition) is 4. The van der Waals surface area contributed by atoms with E-state index >= 15 is 0 Å². The SMILES string of the molecule is NC1=C/C=C(Cc2cccc3c(N)nsc23)\C=C/C=C1. The second-order valence-corrected chi connectivity index (χ2v) is 5.44. The first-order chi connectivity index (χ1) is 9.74. The van der Waals surface area contributed by atoms with Gasteiger partial charge in [0.1, 0.15) is 5.82 Å². The molecule has 0 radical (unpaired) electrons. The van der Waals surface area contributed by atoms with Crippen molar-refractivity contribution in [3.63, 3.8) is 0 Å². The molecule has 2 aromatic rings. The molecule has 1 heterocycles. The fourth-order valence-corrected chi connectivity index (χ4v) is 2.99. The molecular formula is C16H15N3S. The first kappa shape index (κ1) is 12.7. The molecular weight excluding hydrogens is 266 g/mol. The predicted molar refractivity (Wildman–Crippen MR) is 86.4 cm³/mol. The molecule has 0 saturated heterocycles. The molecule has 20 heavy (non-hydrogen) atoms. The average molecular weight is 281 g/mol. The van der Waals surface area contributed by atoms with Crippen LogP contribution in [0.5, 0.6) is 0 Å². The van der Waals surface area contributed by atoms with Crippen LogP contribution in [0.15, 0.2) is 65.9 Å². The molecule has 0 aliphatic heterocycles. The van der Waals surface area contributed by atoms with Crippen LogP contribution < -0.4 is 11.5 Å². The molecule has 4 N–H and O–H groups in total. The number of nitrogens with two attached hydrogens (primary N) is 2. The summed E-state index contributed by atoms with van der Waals surface area (Å²) in [7, 11) is 0. The first-order valence-electron chi connectivity index (χ1n) is 6.38. The van der Waals surface area contributed by atoms with Crippen LogP contribution in [-0.2, 0) is 6.42 Å². The van der Waals surface area contributed by atoms with E-state index in [1.54, 1.807) is 0 Å². The number of nitrogens with zero attached hydrogens (tertiary/aromatic N) is 1. The van der Waals surface area contributed by atoms with Crippen molar-refractivity contribution < 1.29 is 0 Å². The fraction of sp³-hybridized carbons (Fsp3) is 0.0625. The van der Waals surface area contributed by atoms with Crippen LogP contribution in [0.1, 0.15) is 5.56 Å². The van der Waals surface area contributed by atoms with Gasteiger partial charge in [-0.15, -0.1) is 0 Å². The van der Waals surface area contributed by atoms with E-state index in [9.17, 15) is 0 Å². The van der Waals surface area contributed by atoms with Gasteiger partial charge in [0.2, 0.25) is 0 Å². The number of hydrogen-bond donors (Lipinski definition) is 2. The second kappa shape index (κ2) is 5.35. The molecule has 1 aliphatic carbocycles. The van der Waals surface area contributed by atoms with Gasteiger partial charge in [0.25, 0.3) is 0 Å². The Morgan fingerprint density at radius 1 is 1.05 bits per heavy atom. The Hall–Kier alpha value is -2.33. The lowest BCUT2D eigenvalue weighted by atomic mass is 10.0. The molecule has 3 rings (SSSR count). The minimum Gasteiger partial charge on any atom is -0.399 e. The van der Waals surface area contributed by atoms with E-state index in [-0.39, 0.29) is 0 Å². The Morgan fingerprint density at radius 3 is 2.80 bits per heavy atom. The van der Waals surface area contributed by atoms with E-state index in [4.69, 9.17) is 11.5 Å². The zero-order valence-corrected chi connectivity index (χ0v) is 11.7. The highest BCUT2D eigenvalue weighted by Crippen LogP contribution is 2.29. The summed E-state index contributed by atoms with van der Waals surface area (Å²) in [6.45, 7) is 0. The summed E-state index contributed by atoms with van der Waals surface area (Å²) in [6, 6.07) is 6.16. The molecule has 3 nitrogen and oxygen atoms in total. The van der Waals surface area contributed by atoms with Crippen molar-refractivity contribution in [3.05, 3.63) is 71.5 Å². The number of aromatic nitrogens is 1. The monoisotopic (exact) mass is 281 g/mol. The highest BCUT2D eigenvalue weighted by Gasteiger charge is 2.08. The molecule has 0 fully saturated rings. The zero-order valence-electron chi connectivity index (χ0n) is 10.9. The molecule has 0 bridgehead atoms. The summed E-state index contributed by atoms with van der Waals surface area (Å²) in [6.07, 6.45) is 12.8. The van der Waals surface area contributed by atoms with Gasteiger partial charge >= 0.3 is 0 Å². The minimum atomic E-state index is 0.612. The van der Waals surface area contributed by atoms with Crippen LogP contribution in [0, 0.1) is 0 Å². The van der Waals surface area contributed by atoms with Gasteiger partial charge in [-0.05, 0) is 47.3 Å². The summed E-state index contributed by atoms with van der Waals surface area (Å²) in [4.78, 5) is 0. The molecule has 1 aromatic heterocycles. The molecule has 0 spiro atoms. The van der Waals surface area contributed by atoms with Crippen molar-refractivity contribution in [2.45, 2.75) is 6.42 Å². The van der Waals surface area contributed by atoms with Crippen molar-refractivity contribution in [2.24, 2.45) is 5.73 Å². The molecule has 0 atom stereocenters. The standard InChI is InChI=1S/C16H15N3S/c17-13-6-2-1-4-11(8-9-13)10-12-5-3-7-14-15(12)20-19-16(14)18/h1-9H,10,17H2,(H2,18,19)/b2-1?,4-1-,6-2?,9-8?,11-4?,11-8+,13-6?,13-9?. The Labute approximate surface area is 121 Å². The van der Waals surface area contributed by atoms with Gasteiger partial charge in [0.15, 0.2) is 0 Å². The average Bonchev–Trinajstić information content (AvgIpc) is 2.81. The number of anilines is 1. The zero-order chi connectivity index (χ0) is 13.9. The third-order valence-corrected chi connectivity index (χ3v) is 4.15. The summed E-state index contributed by atoms with van der Waals surface area (Å²) in [5.74, 6) is 0.612. The van der Waals surface area contributed by atoms with Crippen LogP contribution in [0.25, 0.3) is 10.1 Å². The van der Waals surface area contributed by atoms with Gasteiger partial charge in [-0.3, -0.25) is 0 Å². The molecule has 1 aromatic carbocycles. The molecule has 0 amide bonds. The number of fused-ring (bicyclic) bond motifs is 1. The number of rotatable bonds is 2. The van der Waals surface area contributed by atoms with Gasteiger partial charge in [0.05, 0.1) is 4.70 Å². The van der Waals surface area contributed by atoms with Gasteiger partial charge < -0.3 is 11.5 Å². The quantitative estimate of drug-likeness (QED) is 0.887.